The van der Waals surface area contributed by atoms with E-state index in [1.165, 1.54) is 6.42 Å². The van der Waals surface area contributed by atoms with Gasteiger partial charge in [0.1, 0.15) is 5.54 Å². The van der Waals surface area contributed by atoms with Crippen molar-refractivity contribution >= 4 is 12.0 Å². The Hall–Kier alpha value is -1.26. The number of hydrogen-bond acceptors (Lipinski definition) is 2. The van der Waals surface area contributed by atoms with Crippen molar-refractivity contribution in [1.29, 1.82) is 0 Å². The largest absolute Gasteiger partial charge is 0.480 e. The van der Waals surface area contributed by atoms with Crippen LogP contribution in [-0.2, 0) is 4.79 Å². The molecule has 5 heteroatoms. The van der Waals surface area contributed by atoms with Gasteiger partial charge >= 0.3 is 12.0 Å². The maximum atomic E-state index is 11.9. The van der Waals surface area contributed by atoms with E-state index in [2.05, 4.69) is 10.6 Å². The number of hydrogen-bond donors (Lipinski definition) is 3. The van der Waals surface area contributed by atoms with Crippen molar-refractivity contribution < 1.29 is 14.7 Å². The van der Waals surface area contributed by atoms with Crippen molar-refractivity contribution in [2.24, 2.45) is 0 Å². The fraction of sp³-hybridized carbons (Fsp3) is 0.846. The van der Waals surface area contributed by atoms with Gasteiger partial charge in [0.2, 0.25) is 0 Å². The predicted molar refractivity (Wildman–Crippen MR) is 67.4 cm³/mol. The molecule has 0 aromatic heterocycles. The Morgan fingerprint density at radius 2 is 1.56 bits per heavy atom. The van der Waals surface area contributed by atoms with E-state index >= 15 is 0 Å². The molecule has 0 aromatic carbocycles. The van der Waals surface area contributed by atoms with E-state index in [0.717, 1.165) is 32.1 Å². The van der Waals surface area contributed by atoms with Gasteiger partial charge in [-0.1, -0.05) is 19.3 Å². The number of amides is 2. The minimum absolute atomic E-state index is 0.175. The number of carboxylic acid groups (broad SMARTS) is 1. The van der Waals surface area contributed by atoms with Crippen LogP contribution in [0.3, 0.4) is 0 Å². The molecular weight excluding hydrogens is 232 g/mol. The Balaban J connectivity index is 1.90. The standard InChI is InChI=1S/C13H22N2O3/c1-12(6-3-2-4-7-12)14-11(18)15-13(10(16)17)8-5-9-13/h2-9H2,1H3,(H,16,17)(H2,14,15,18). The van der Waals surface area contributed by atoms with Crippen molar-refractivity contribution in [2.75, 3.05) is 0 Å². The molecule has 0 radical (unpaired) electrons. The molecule has 0 spiro atoms. The molecule has 0 aromatic rings. The quantitative estimate of drug-likeness (QED) is 0.721. The van der Waals surface area contributed by atoms with Crippen LogP contribution < -0.4 is 10.6 Å². The lowest BCUT2D eigenvalue weighted by Gasteiger charge is -2.40. The molecule has 2 fully saturated rings. The third-order valence-corrected chi connectivity index (χ3v) is 4.34. The number of urea groups is 1. The van der Waals surface area contributed by atoms with Crippen LogP contribution in [0, 0.1) is 0 Å². The average molecular weight is 254 g/mol. The highest BCUT2D eigenvalue weighted by Gasteiger charge is 2.46. The molecule has 2 amide bonds. The summed E-state index contributed by atoms with van der Waals surface area (Å²) in [5.41, 5.74) is -1.19. The normalized spacial score (nSPS) is 24.7. The van der Waals surface area contributed by atoms with Gasteiger partial charge in [-0.2, -0.15) is 0 Å². The monoisotopic (exact) mass is 254 g/mol. The summed E-state index contributed by atoms with van der Waals surface area (Å²) in [6.07, 6.45) is 7.35. The molecule has 5 nitrogen and oxygen atoms in total. The topological polar surface area (TPSA) is 78.4 Å². The average Bonchev–Trinajstić information content (AvgIpc) is 2.23. The summed E-state index contributed by atoms with van der Waals surface area (Å²) in [5.74, 6) is -0.919. The number of aliphatic carboxylic acids is 1. The van der Waals surface area contributed by atoms with Gasteiger partial charge in [0, 0.05) is 5.54 Å². The summed E-state index contributed by atoms with van der Waals surface area (Å²) in [4.78, 5) is 23.1. The highest BCUT2D eigenvalue weighted by atomic mass is 16.4. The van der Waals surface area contributed by atoms with E-state index in [-0.39, 0.29) is 11.6 Å². The lowest BCUT2D eigenvalue weighted by molar-refractivity contribution is -0.148. The Labute approximate surface area is 107 Å². The van der Waals surface area contributed by atoms with Gasteiger partial charge in [0.05, 0.1) is 0 Å². The second kappa shape index (κ2) is 4.78. The van der Waals surface area contributed by atoms with E-state index in [1.807, 2.05) is 6.92 Å². The van der Waals surface area contributed by atoms with E-state index in [0.29, 0.717) is 12.8 Å². The molecule has 0 bridgehead atoms. The smallest absolute Gasteiger partial charge is 0.329 e. The highest BCUT2D eigenvalue weighted by Crippen LogP contribution is 2.32. The summed E-state index contributed by atoms with van der Waals surface area (Å²) >= 11 is 0. The Bertz CT molecular complexity index is 344. The van der Waals surface area contributed by atoms with Crippen LogP contribution in [-0.4, -0.2) is 28.2 Å². The molecule has 0 atom stereocenters. The van der Waals surface area contributed by atoms with Crippen LogP contribution in [0.5, 0.6) is 0 Å². The van der Waals surface area contributed by atoms with E-state index in [1.54, 1.807) is 0 Å². The van der Waals surface area contributed by atoms with Gasteiger partial charge in [0.15, 0.2) is 0 Å². The molecule has 0 saturated heterocycles. The first kappa shape index (κ1) is 13.2. The SMILES string of the molecule is CC1(NC(=O)NC2(C(=O)O)CCC2)CCCCC1. The third kappa shape index (κ3) is 2.60. The maximum absolute atomic E-state index is 11.9. The zero-order valence-electron chi connectivity index (χ0n) is 10.9. The molecule has 2 aliphatic rings. The number of nitrogens with one attached hydrogen (secondary N) is 2. The summed E-state index contributed by atoms with van der Waals surface area (Å²) < 4.78 is 0. The molecule has 2 aliphatic carbocycles. The van der Waals surface area contributed by atoms with Crippen LogP contribution in [0.2, 0.25) is 0 Å². The van der Waals surface area contributed by atoms with Gasteiger partial charge in [-0.3, -0.25) is 0 Å². The van der Waals surface area contributed by atoms with Gasteiger partial charge in [-0.15, -0.1) is 0 Å². The van der Waals surface area contributed by atoms with Crippen LogP contribution >= 0.6 is 0 Å². The summed E-state index contributed by atoms with van der Waals surface area (Å²) in [5, 5.41) is 14.8. The van der Waals surface area contributed by atoms with Crippen LogP contribution in [0.1, 0.15) is 58.3 Å². The summed E-state index contributed by atoms with van der Waals surface area (Å²) in [6, 6.07) is -0.332. The van der Waals surface area contributed by atoms with Crippen LogP contribution in [0.25, 0.3) is 0 Å². The van der Waals surface area contributed by atoms with Crippen molar-refractivity contribution in [1.82, 2.24) is 10.6 Å². The number of carboxylic acids is 1. The molecule has 0 heterocycles. The van der Waals surface area contributed by atoms with Crippen molar-refractivity contribution in [3.05, 3.63) is 0 Å². The molecule has 0 unspecified atom stereocenters. The first-order valence-electron chi connectivity index (χ1n) is 6.80. The number of carbonyl (C=O) groups is 2. The van der Waals surface area contributed by atoms with Gasteiger partial charge in [0.25, 0.3) is 0 Å². The van der Waals surface area contributed by atoms with Gasteiger partial charge < -0.3 is 15.7 Å². The van der Waals surface area contributed by atoms with Gasteiger partial charge in [-0.05, 0) is 39.0 Å². The zero-order valence-corrected chi connectivity index (χ0v) is 10.9. The van der Waals surface area contributed by atoms with E-state index in [4.69, 9.17) is 5.11 Å². The molecular formula is C13H22N2O3. The van der Waals surface area contributed by atoms with E-state index in [9.17, 15) is 9.59 Å². The lowest BCUT2D eigenvalue weighted by atomic mass is 9.77. The number of rotatable bonds is 3. The molecule has 3 N–H and O–H groups in total. The number of carbonyl (C=O) groups excluding carboxylic acids is 1. The Morgan fingerprint density at radius 3 is 2.00 bits per heavy atom. The summed E-state index contributed by atoms with van der Waals surface area (Å²) in [6.45, 7) is 2.04. The van der Waals surface area contributed by atoms with Gasteiger partial charge in [-0.25, -0.2) is 9.59 Å². The lowest BCUT2D eigenvalue weighted by Crippen LogP contribution is -2.63. The highest BCUT2D eigenvalue weighted by molar-refractivity contribution is 5.87. The second-order valence-corrected chi connectivity index (χ2v) is 5.94. The molecule has 102 valence electrons. The maximum Gasteiger partial charge on any atom is 0.329 e. The minimum atomic E-state index is -1.02. The first-order chi connectivity index (χ1) is 8.46. The fourth-order valence-electron chi connectivity index (χ4n) is 2.90. The summed E-state index contributed by atoms with van der Waals surface area (Å²) in [7, 11) is 0. The molecule has 2 saturated carbocycles. The van der Waals surface area contributed by atoms with Crippen molar-refractivity contribution in [3.8, 4) is 0 Å². The first-order valence-corrected chi connectivity index (χ1v) is 6.80. The Kier molecular flexibility index (Phi) is 3.50. The zero-order chi connectivity index (χ0) is 13.2. The molecule has 2 rings (SSSR count). The van der Waals surface area contributed by atoms with E-state index < -0.39 is 11.5 Å². The minimum Gasteiger partial charge on any atom is -0.480 e. The van der Waals surface area contributed by atoms with Crippen LogP contribution in [0.15, 0.2) is 0 Å². The van der Waals surface area contributed by atoms with Crippen molar-refractivity contribution in [3.63, 3.8) is 0 Å². The molecule has 0 aliphatic heterocycles. The molecule has 18 heavy (non-hydrogen) atoms. The predicted octanol–water partition coefficient (Wildman–Crippen LogP) is 2.02. The van der Waals surface area contributed by atoms with Crippen molar-refractivity contribution in [2.45, 2.75) is 69.4 Å². The second-order valence-electron chi connectivity index (χ2n) is 5.94. The Morgan fingerprint density at radius 1 is 0.944 bits per heavy atom. The fourth-order valence-corrected chi connectivity index (χ4v) is 2.90. The third-order valence-electron chi connectivity index (χ3n) is 4.34. The van der Waals surface area contributed by atoms with Crippen LogP contribution in [0.4, 0.5) is 4.79 Å².